The number of H-pyrrole nitrogens is 1. The fourth-order valence-electron chi connectivity index (χ4n) is 3.59. The van der Waals surface area contributed by atoms with E-state index in [9.17, 15) is 4.79 Å². The maximum atomic E-state index is 12.7. The minimum Gasteiger partial charge on any atom is -0.346 e. The van der Waals surface area contributed by atoms with E-state index < -0.39 is 0 Å². The van der Waals surface area contributed by atoms with Gasteiger partial charge in [0.25, 0.3) is 0 Å². The molecule has 1 saturated carbocycles. The molecule has 0 atom stereocenters. The summed E-state index contributed by atoms with van der Waals surface area (Å²) in [6, 6.07) is 1.89. The molecule has 0 spiro atoms. The second-order valence-electron chi connectivity index (χ2n) is 7.08. The van der Waals surface area contributed by atoms with Crippen LogP contribution in [0.15, 0.2) is 18.5 Å². The number of nitrogens with one attached hydrogen (secondary N) is 2. The average molecular weight is 329 g/mol. The first-order valence-corrected chi connectivity index (χ1v) is 8.69. The van der Waals surface area contributed by atoms with E-state index in [0.717, 1.165) is 61.1 Å². The lowest BCUT2D eigenvalue weighted by Gasteiger charge is -2.26. The van der Waals surface area contributed by atoms with Crippen LogP contribution in [0.25, 0.3) is 11.0 Å². The Bertz CT molecular complexity index is 700. The fourth-order valence-corrected chi connectivity index (χ4v) is 3.59. The zero-order chi connectivity index (χ0) is 17.1. The summed E-state index contributed by atoms with van der Waals surface area (Å²) in [6.07, 6.45) is 7.67. The second-order valence-corrected chi connectivity index (χ2v) is 7.08. The highest BCUT2D eigenvalue weighted by Gasteiger charge is 2.26. The predicted octanol–water partition coefficient (Wildman–Crippen LogP) is 2.33. The Morgan fingerprint density at radius 2 is 2.12 bits per heavy atom. The van der Waals surface area contributed by atoms with Gasteiger partial charge in [-0.25, -0.2) is 4.98 Å². The first-order valence-electron chi connectivity index (χ1n) is 8.69. The van der Waals surface area contributed by atoms with Gasteiger partial charge in [0.15, 0.2) is 0 Å². The van der Waals surface area contributed by atoms with E-state index in [2.05, 4.69) is 20.2 Å². The van der Waals surface area contributed by atoms with Gasteiger partial charge < -0.3 is 20.9 Å². The molecule has 0 aliphatic heterocycles. The highest BCUT2D eigenvalue weighted by molar-refractivity contribution is 6.02. The van der Waals surface area contributed by atoms with Gasteiger partial charge in [0.2, 0.25) is 5.91 Å². The van der Waals surface area contributed by atoms with E-state index in [4.69, 9.17) is 5.73 Å². The van der Waals surface area contributed by atoms with Gasteiger partial charge in [0.05, 0.1) is 5.69 Å². The molecule has 2 heterocycles. The molecule has 1 amide bonds. The van der Waals surface area contributed by atoms with Crippen molar-refractivity contribution in [2.75, 3.05) is 26.0 Å². The lowest BCUT2D eigenvalue weighted by Crippen LogP contribution is -2.29. The summed E-state index contributed by atoms with van der Waals surface area (Å²) in [4.78, 5) is 22.4. The lowest BCUT2D eigenvalue weighted by molar-refractivity contribution is -0.121. The number of pyridine rings is 1. The van der Waals surface area contributed by atoms with Crippen LogP contribution in [0.1, 0.15) is 31.2 Å². The van der Waals surface area contributed by atoms with E-state index in [1.807, 2.05) is 26.4 Å². The smallest absolute Gasteiger partial charge is 0.227 e. The molecule has 0 radical (unpaired) electrons. The van der Waals surface area contributed by atoms with Crippen molar-refractivity contribution in [3.8, 4) is 0 Å². The number of anilines is 1. The van der Waals surface area contributed by atoms with E-state index in [1.165, 1.54) is 0 Å². The summed E-state index contributed by atoms with van der Waals surface area (Å²) < 4.78 is 0. The fraction of sp³-hybridized carbons (Fsp3) is 0.556. The lowest BCUT2D eigenvalue weighted by atomic mass is 9.81. The minimum atomic E-state index is 0.0901. The first kappa shape index (κ1) is 16.9. The molecule has 0 aromatic carbocycles. The van der Waals surface area contributed by atoms with Crippen LogP contribution in [0, 0.1) is 11.8 Å². The number of hydrogen-bond donors (Lipinski definition) is 3. The molecule has 0 unspecified atom stereocenters. The normalized spacial score (nSPS) is 21.3. The molecule has 6 nitrogen and oxygen atoms in total. The maximum Gasteiger partial charge on any atom is 0.227 e. The first-order chi connectivity index (χ1) is 11.6. The van der Waals surface area contributed by atoms with Gasteiger partial charge in [-0.3, -0.25) is 4.79 Å². The molecule has 2 aromatic heterocycles. The largest absolute Gasteiger partial charge is 0.346 e. The number of rotatable bonds is 5. The summed E-state index contributed by atoms with van der Waals surface area (Å²) in [5, 5.41) is 4.15. The van der Waals surface area contributed by atoms with Crippen molar-refractivity contribution in [1.82, 2.24) is 14.9 Å². The molecule has 6 heteroatoms. The standard InChI is InChI=1S/C18H27N5O/c1-23(2)11-14-10-21-17-16(14)15(7-8-20-17)22-18(24)13-5-3-12(9-19)4-6-13/h7-8,10,12-13H,3-6,9,11,19H2,1-2H3,(H2,20,21,22,24)/t12-,13-. The van der Waals surface area contributed by atoms with Gasteiger partial charge in [-0.1, -0.05) is 0 Å². The summed E-state index contributed by atoms with van der Waals surface area (Å²) in [6.45, 7) is 1.53. The van der Waals surface area contributed by atoms with E-state index in [1.54, 1.807) is 6.20 Å². The van der Waals surface area contributed by atoms with Crippen LogP contribution in [0.5, 0.6) is 0 Å². The Kier molecular flexibility index (Phi) is 5.16. The van der Waals surface area contributed by atoms with Crippen LogP contribution < -0.4 is 11.1 Å². The van der Waals surface area contributed by atoms with E-state index in [-0.39, 0.29) is 11.8 Å². The molecule has 1 aliphatic carbocycles. The quantitative estimate of drug-likeness (QED) is 0.786. The zero-order valence-electron chi connectivity index (χ0n) is 14.5. The Labute approximate surface area is 142 Å². The molecule has 4 N–H and O–H groups in total. The molecule has 0 saturated heterocycles. The maximum absolute atomic E-state index is 12.7. The van der Waals surface area contributed by atoms with Crippen molar-refractivity contribution in [2.24, 2.45) is 17.6 Å². The summed E-state index contributed by atoms with van der Waals surface area (Å²) in [5.41, 5.74) is 8.55. The minimum absolute atomic E-state index is 0.0901. The summed E-state index contributed by atoms with van der Waals surface area (Å²) >= 11 is 0. The number of nitrogens with zero attached hydrogens (tertiary/aromatic N) is 2. The molecule has 1 fully saturated rings. The van der Waals surface area contributed by atoms with Crippen LogP contribution in [-0.2, 0) is 11.3 Å². The van der Waals surface area contributed by atoms with Gasteiger partial charge in [0.1, 0.15) is 5.65 Å². The molecular formula is C18H27N5O. The van der Waals surface area contributed by atoms with Crippen LogP contribution in [0.2, 0.25) is 0 Å². The predicted molar refractivity (Wildman–Crippen MR) is 96.6 cm³/mol. The second kappa shape index (κ2) is 7.32. The van der Waals surface area contributed by atoms with Gasteiger partial charge >= 0.3 is 0 Å². The highest BCUT2D eigenvalue weighted by Crippen LogP contribution is 2.31. The SMILES string of the molecule is CN(C)Cc1c[nH]c2nccc(NC(=O)[C@H]3CC[C@H](CN)CC3)c12. The van der Waals surface area contributed by atoms with E-state index >= 15 is 0 Å². The van der Waals surface area contributed by atoms with Crippen molar-refractivity contribution in [2.45, 2.75) is 32.2 Å². The third-order valence-corrected chi connectivity index (χ3v) is 4.95. The van der Waals surface area contributed by atoms with Crippen molar-refractivity contribution in [3.05, 3.63) is 24.0 Å². The molecule has 2 aromatic rings. The van der Waals surface area contributed by atoms with Gasteiger partial charge in [0, 0.05) is 30.2 Å². The molecule has 1 aliphatic rings. The molecular weight excluding hydrogens is 302 g/mol. The number of carbonyl (C=O) groups is 1. The van der Waals surface area contributed by atoms with E-state index in [0.29, 0.717) is 5.92 Å². The van der Waals surface area contributed by atoms with Crippen LogP contribution in [0.4, 0.5) is 5.69 Å². The van der Waals surface area contributed by atoms with Crippen LogP contribution >= 0.6 is 0 Å². The Morgan fingerprint density at radius 3 is 2.79 bits per heavy atom. The number of carbonyl (C=O) groups excluding carboxylic acids is 1. The summed E-state index contributed by atoms with van der Waals surface area (Å²) in [7, 11) is 4.06. The number of aromatic amines is 1. The van der Waals surface area contributed by atoms with Gasteiger partial charge in [-0.2, -0.15) is 0 Å². The van der Waals surface area contributed by atoms with Crippen LogP contribution in [0.3, 0.4) is 0 Å². The molecule has 130 valence electrons. The number of hydrogen-bond acceptors (Lipinski definition) is 4. The third kappa shape index (κ3) is 3.60. The Morgan fingerprint density at radius 1 is 1.38 bits per heavy atom. The number of aromatic nitrogens is 2. The molecule has 3 rings (SSSR count). The molecule has 24 heavy (non-hydrogen) atoms. The number of fused-ring (bicyclic) bond motifs is 1. The number of nitrogens with two attached hydrogens (primary N) is 1. The van der Waals surface area contributed by atoms with Crippen molar-refractivity contribution < 1.29 is 4.79 Å². The highest BCUT2D eigenvalue weighted by atomic mass is 16.1. The third-order valence-electron chi connectivity index (χ3n) is 4.95. The number of amides is 1. The summed E-state index contributed by atoms with van der Waals surface area (Å²) in [5.74, 6) is 0.792. The average Bonchev–Trinajstić information content (AvgIpc) is 2.98. The van der Waals surface area contributed by atoms with Gasteiger partial charge in [-0.05, 0) is 63.9 Å². The van der Waals surface area contributed by atoms with Crippen molar-refractivity contribution >= 4 is 22.6 Å². The topological polar surface area (TPSA) is 87.0 Å². The zero-order valence-corrected chi connectivity index (χ0v) is 14.5. The van der Waals surface area contributed by atoms with Crippen molar-refractivity contribution in [3.63, 3.8) is 0 Å². The van der Waals surface area contributed by atoms with Crippen molar-refractivity contribution in [1.29, 1.82) is 0 Å². The monoisotopic (exact) mass is 329 g/mol. The van der Waals surface area contributed by atoms with Crippen LogP contribution in [-0.4, -0.2) is 41.4 Å². The molecule has 0 bridgehead atoms. The Hall–Kier alpha value is -1.92. The Balaban J connectivity index is 1.77. The van der Waals surface area contributed by atoms with Gasteiger partial charge in [-0.15, -0.1) is 0 Å².